The van der Waals surface area contributed by atoms with E-state index in [1.807, 2.05) is 27.7 Å². The molecular formula is C34H80O15. The lowest BCUT2D eigenvalue weighted by Crippen LogP contribution is -2.07. The molecule has 49 heavy (non-hydrogen) atoms. The maximum absolute atomic E-state index is 10.0. The molecule has 0 spiro atoms. The first-order chi connectivity index (χ1) is 20.7. The minimum Gasteiger partial charge on any atom is -0.468 e. The summed E-state index contributed by atoms with van der Waals surface area (Å²) in [5, 5.41) is 0. The van der Waals surface area contributed by atoms with Crippen molar-refractivity contribution in [2.24, 2.45) is 0 Å². The van der Waals surface area contributed by atoms with E-state index in [9.17, 15) is 28.8 Å². The monoisotopic (exact) mass is 729 g/mol. The van der Waals surface area contributed by atoms with E-state index in [2.05, 4.69) is 42.3 Å². The molecule has 0 aliphatic carbocycles. The Kier molecular flexibility index (Phi) is 139. The molecule has 0 fully saturated rings. The predicted molar refractivity (Wildman–Crippen MR) is 197 cm³/mol. The second-order valence-electron chi connectivity index (χ2n) is 6.85. The Balaban J connectivity index is -0.0000000327. The van der Waals surface area contributed by atoms with Gasteiger partial charge in [0.05, 0.1) is 13.2 Å². The fraction of sp³-hybridized carbons (Fsp3) is 0.824. The second-order valence-corrected chi connectivity index (χ2v) is 6.85. The van der Waals surface area contributed by atoms with Gasteiger partial charge in [0.1, 0.15) is 0 Å². The molecule has 0 amide bonds. The van der Waals surface area contributed by atoms with E-state index in [0.29, 0.717) is 32.9 Å². The standard InChI is InChI=1S/C5H8O4.2C5H10O3.C4H8O2.C4H10O.C3H6O2.C3H8.5CH4/c1-4(6)8-3-9-5(2)7;2*1-3-7-4-8-5(2)6;1-3-6-4(2)5;1-3-5-4-2;1-2-5-3-4;1-3-2;;;;;/h3H2,1-2H3;2*3-4H2,1-2H3;3H2,1-2H3;3-4H2,1-2H3;3H,2H2,1H3;3H2,1-2H3;5*1H4. The fourth-order valence-electron chi connectivity index (χ4n) is 1.09. The Labute approximate surface area is 301 Å². The Bertz CT molecular complexity index is 578. The Morgan fingerprint density at radius 3 is 0.735 bits per heavy atom. The molecule has 0 unspecified atom stereocenters. The summed E-state index contributed by atoms with van der Waals surface area (Å²) in [4.78, 5) is 59.1. The summed E-state index contributed by atoms with van der Waals surface area (Å²) >= 11 is 0. The molecule has 0 bridgehead atoms. The van der Waals surface area contributed by atoms with Crippen LogP contribution in [0.4, 0.5) is 0 Å². The van der Waals surface area contributed by atoms with E-state index < -0.39 is 11.9 Å². The van der Waals surface area contributed by atoms with Crippen LogP contribution in [-0.4, -0.2) is 96.3 Å². The SMILES string of the molecule is C.C.C.C.C.CC(=O)OCOC(C)=O.CCC.CCOC(C)=O.CCOC=O.CCOCC.CCOCOC(C)=O.CCOCOC(C)=O. The summed E-state index contributed by atoms with van der Waals surface area (Å²) in [6.07, 6.45) is 1.25. The van der Waals surface area contributed by atoms with Crippen molar-refractivity contribution in [3.8, 4) is 0 Å². The number of carbonyl (C=O) groups excluding carboxylic acids is 6. The Hall–Kier alpha value is -3.30. The van der Waals surface area contributed by atoms with Crippen molar-refractivity contribution < 1.29 is 71.4 Å². The molecule has 0 saturated carbocycles. The van der Waals surface area contributed by atoms with Crippen molar-refractivity contribution in [1.29, 1.82) is 0 Å². The van der Waals surface area contributed by atoms with Gasteiger partial charge >= 0.3 is 29.8 Å². The van der Waals surface area contributed by atoms with Gasteiger partial charge in [-0.05, 0) is 41.5 Å². The normalized spacial score (nSPS) is 7.20. The van der Waals surface area contributed by atoms with Crippen LogP contribution < -0.4 is 0 Å². The van der Waals surface area contributed by atoms with Crippen LogP contribution in [0, 0.1) is 0 Å². The van der Waals surface area contributed by atoms with E-state index in [4.69, 9.17) is 14.2 Å². The lowest BCUT2D eigenvalue weighted by molar-refractivity contribution is -0.164. The van der Waals surface area contributed by atoms with Gasteiger partial charge in [-0.2, -0.15) is 0 Å². The number of ether oxygens (including phenoxy) is 9. The van der Waals surface area contributed by atoms with Gasteiger partial charge in [0.25, 0.3) is 6.47 Å². The Morgan fingerprint density at radius 1 is 0.388 bits per heavy atom. The van der Waals surface area contributed by atoms with Gasteiger partial charge in [0, 0.05) is 61.0 Å². The van der Waals surface area contributed by atoms with Gasteiger partial charge in [0.2, 0.25) is 6.79 Å². The molecule has 0 N–H and O–H groups in total. The van der Waals surface area contributed by atoms with E-state index in [-0.39, 0.29) is 75.4 Å². The maximum atomic E-state index is 10.0. The molecule has 0 aromatic carbocycles. The average molecular weight is 729 g/mol. The van der Waals surface area contributed by atoms with Gasteiger partial charge < -0.3 is 42.6 Å². The zero-order valence-corrected chi connectivity index (χ0v) is 29.3. The topological polar surface area (TPSA) is 185 Å². The lowest BCUT2D eigenvalue weighted by atomic mass is 10.6. The maximum Gasteiger partial charge on any atom is 0.305 e. The minimum atomic E-state index is -0.462. The zero-order chi connectivity index (χ0) is 36.0. The molecule has 0 saturated heterocycles. The second kappa shape index (κ2) is 84.9. The van der Waals surface area contributed by atoms with Crippen LogP contribution in [0.1, 0.15) is 134 Å². The summed E-state index contributed by atoms with van der Waals surface area (Å²) in [6, 6.07) is 0. The molecule has 15 heteroatoms. The highest BCUT2D eigenvalue weighted by atomic mass is 16.7. The van der Waals surface area contributed by atoms with Gasteiger partial charge in [0.15, 0.2) is 13.6 Å². The fourth-order valence-corrected chi connectivity index (χ4v) is 1.09. The molecule has 306 valence electrons. The molecule has 0 atom stereocenters. The summed E-state index contributed by atoms with van der Waals surface area (Å²) in [7, 11) is 0. The van der Waals surface area contributed by atoms with Gasteiger partial charge in [-0.15, -0.1) is 0 Å². The number of carbonyl (C=O) groups is 6. The molecule has 0 aliphatic rings. The van der Waals surface area contributed by atoms with Crippen LogP contribution in [0.2, 0.25) is 0 Å². The van der Waals surface area contributed by atoms with Crippen LogP contribution in [0.3, 0.4) is 0 Å². The minimum absolute atomic E-state index is 0. The molecule has 0 aromatic heterocycles. The van der Waals surface area contributed by atoms with E-state index in [1.54, 1.807) is 13.8 Å². The summed E-state index contributed by atoms with van der Waals surface area (Å²) < 4.78 is 40.2. The van der Waals surface area contributed by atoms with Crippen LogP contribution in [0.15, 0.2) is 0 Å². The largest absolute Gasteiger partial charge is 0.468 e. The molecule has 15 nitrogen and oxygen atoms in total. The van der Waals surface area contributed by atoms with E-state index >= 15 is 0 Å². The number of rotatable bonds is 13. The number of hydrogen-bond donors (Lipinski definition) is 0. The first-order valence-electron chi connectivity index (χ1n) is 14.1. The third-order valence-electron chi connectivity index (χ3n) is 2.61. The van der Waals surface area contributed by atoms with E-state index in [0.717, 1.165) is 13.2 Å². The molecule has 0 aromatic rings. The lowest BCUT2D eigenvalue weighted by Gasteiger charge is -1.99. The average Bonchev–Trinajstić information content (AvgIpc) is 2.91. The third-order valence-corrected chi connectivity index (χ3v) is 2.61. The van der Waals surface area contributed by atoms with Crippen LogP contribution in [-0.2, 0) is 71.4 Å². The first kappa shape index (κ1) is 80.4. The van der Waals surface area contributed by atoms with Crippen molar-refractivity contribution >= 4 is 36.3 Å². The van der Waals surface area contributed by atoms with Crippen LogP contribution in [0.25, 0.3) is 0 Å². The van der Waals surface area contributed by atoms with Crippen molar-refractivity contribution in [3.05, 3.63) is 0 Å². The quantitative estimate of drug-likeness (QED) is 0.0594. The van der Waals surface area contributed by atoms with Crippen LogP contribution >= 0.6 is 0 Å². The molecular weight excluding hydrogens is 648 g/mol. The van der Waals surface area contributed by atoms with Crippen LogP contribution in [0.5, 0.6) is 0 Å². The molecule has 0 heterocycles. The van der Waals surface area contributed by atoms with Gasteiger partial charge in [-0.25, -0.2) is 0 Å². The highest BCUT2D eigenvalue weighted by Gasteiger charge is 1.93. The summed E-state index contributed by atoms with van der Waals surface area (Å²) in [5.41, 5.74) is 0. The van der Waals surface area contributed by atoms with Crippen molar-refractivity contribution in [2.45, 2.75) is 134 Å². The molecule has 0 aliphatic heterocycles. The Morgan fingerprint density at radius 2 is 0.633 bits per heavy atom. The molecule has 0 rings (SSSR count). The smallest absolute Gasteiger partial charge is 0.305 e. The number of hydrogen-bond acceptors (Lipinski definition) is 15. The predicted octanol–water partition coefficient (Wildman–Crippen LogP) is 7.55. The van der Waals surface area contributed by atoms with Gasteiger partial charge in [-0.3, -0.25) is 28.8 Å². The molecule has 0 radical (unpaired) electrons. The third kappa shape index (κ3) is 210. The van der Waals surface area contributed by atoms with Gasteiger partial charge in [-0.1, -0.05) is 57.4 Å². The highest BCUT2D eigenvalue weighted by molar-refractivity contribution is 5.67. The first-order valence-corrected chi connectivity index (χ1v) is 14.1. The van der Waals surface area contributed by atoms with E-state index in [1.165, 1.54) is 41.0 Å². The summed E-state index contributed by atoms with van der Waals surface area (Å²) in [6.45, 7) is 26.1. The highest BCUT2D eigenvalue weighted by Crippen LogP contribution is 1.79. The van der Waals surface area contributed by atoms with Crippen molar-refractivity contribution in [3.63, 3.8) is 0 Å². The zero-order valence-electron chi connectivity index (χ0n) is 29.3. The summed E-state index contributed by atoms with van der Waals surface area (Å²) in [5.74, 6) is -1.75. The van der Waals surface area contributed by atoms with Crippen molar-refractivity contribution in [1.82, 2.24) is 0 Å². The van der Waals surface area contributed by atoms with Crippen molar-refractivity contribution in [2.75, 3.05) is 60.0 Å². The number of esters is 5.